The molecule has 2 saturated carbocycles. The van der Waals surface area contributed by atoms with Crippen molar-refractivity contribution >= 4 is 0 Å². The average Bonchev–Trinajstić information content (AvgIpc) is 3.14. The van der Waals surface area contributed by atoms with E-state index in [4.69, 9.17) is 0 Å². The van der Waals surface area contributed by atoms with Crippen molar-refractivity contribution in [3.63, 3.8) is 0 Å². The van der Waals surface area contributed by atoms with Crippen molar-refractivity contribution < 1.29 is 0 Å². The van der Waals surface area contributed by atoms with Gasteiger partial charge in [0.05, 0.1) is 0 Å². The molecule has 1 atom stereocenters. The first-order valence-corrected chi connectivity index (χ1v) is 9.43. The zero-order valence-corrected chi connectivity index (χ0v) is 14.4. The zero-order chi connectivity index (χ0) is 14.6. The standard InChI is InChI=1S/2C7H14.C5H11N.CH4/c1-7-5-3-2-4-6-7;1-2-7-5-3-4-6-7;1-5-2-3-6-4-5;/h2*7H,2-6H2,1H3;5-6H,2-4H2,1H3;1H4. The highest BCUT2D eigenvalue weighted by Gasteiger charge is 2.11. The van der Waals surface area contributed by atoms with Crippen molar-refractivity contribution in [2.75, 3.05) is 13.1 Å². The molecule has 3 aliphatic rings. The van der Waals surface area contributed by atoms with Crippen LogP contribution in [-0.4, -0.2) is 13.1 Å². The van der Waals surface area contributed by atoms with Crippen LogP contribution < -0.4 is 5.32 Å². The first kappa shape index (κ1) is 21.0. The Hall–Kier alpha value is -0.0400. The lowest BCUT2D eigenvalue weighted by Crippen LogP contribution is -2.06. The summed E-state index contributed by atoms with van der Waals surface area (Å²) in [4.78, 5) is 0. The highest BCUT2D eigenvalue weighted by atomic mass is 14.9. The molecule has 1 heteroatoms. The van der Waals surface area contributed by atoms with Gasteiger partial charge in [-0.05, 0) is 37.3 Å². The molecule has 21 heavy (non-hydrogen) atoms. The summed E-state index contributed by atoms with van der Waals surface area (Å²) >= 11 is 0. The quantitative estimate of drug-likeness (QED) is 0.588. The fraction of sp³-hybridized carbons (Fsp3) is 1.00. The van der Waals surface area contributed by atoms with Gasteiger partial charge in [0.2, 0.25) is 0 Å². The Bertz CT molecular complexity index is 196. The maximum atomic E-state index is 3.27. The summed E-state index contributed by atoms with van der Waals surface area (Å²) in [7, 11) is 0. The Morgan fingerprint density at radius 2 is 1.33 bits per heavy atom. The molecule has 1 N–H and O–H groups in total. The van der Waals surface area contributed by atoms with Gasteiger partial charge >= 0.3 is 0 Å². The van der Waals surface area contributed by atoms with Crippen LogP contribution in [0.2, 0.25) is 0 Å². The highest BCUT2D eigenvalue weighted by molar-refractivity contribution is 4.65. The van der Waals surface area contributed by atoms with E-state index in [1.54, 1.807) is 0 Å². The van der Waals surface area contributed by atoms with Crippen molar-refractivity contribution in [2.45, 2.75) is 98.8 Å². The van der Waals surface area contributed by atoms with Crippen LogP contribution in [0.25, 0.3) is 0 Å². The number of hydrogen-bond donors (Lipinski definition) is 1. The SMILES string of the molecule is C.CC1CCCCC1.CC1CCNC1.CCC1CCCC1. The summed E-state index contributed by atoms with van der Waals surface area (Å²) < 4.78 is 0. The van der Waals surface area contributed by atoms with E-state index in [-0.39, 0.29) is 7.43 Å². The Balaban J connectivity index is 0.000000280. The van der Waals surface area contributed by atoms with Crippen LogP contribution in [0.15, 0.2) is 0 Å². The van der Waals surface area contributed by atoms with Crippen molar-refractivity contribution in [3.8, 4) is 0 Å². The van der Waals surface area contributed by atoms with Gasteiger partial charge in [-0.1, -0.05) is 92.4 Å². The van der Waals surface area contributed by atoms with Gasteiger partial charge in [-0.2, -0.15) is 0 Å². The minimum atomic E-state index is 0. The molecule has 1 unspecified atom stereocenters. The van der Waals surface area contributed by atoms with Crippen molar-refractivity contribution in [1.29, 1.82) is 0 Å². The third-order valence-electron chi connectivity index (χ3n) is 5.25. The number of nitrogens with one attached hydrogen (secondary N) is 1. The van der Waals surface area contributed by atoms with Gasteiger partial charge < -0.3 is 5.32 Å². The van der Waals surface area contributed by atoms with Crippen LogP contribution in [0, 0.1) is 17.8 Å². The van der Waals surface area contributed by atoms with Crippen LogP contribution in [0.1, 0.15) is 98.8 Å². The normalized spacial score (nSPS) is 26.1. The minimum absolute atomic E-state index is 0. The largest absolute Gasteiger partial charge is 0.316 e. The Kier molecular flexibility index (Phi) is 13.6. The molecule has 3 fully saturated rings. The average molecular weight is 298 g/mol. The summed E-state index contributed by atoms with van der Waals surface area (Å²) in [5.41, 5.74) is 0. The predicted octanol–water partition coefficient (Wildman–Crippen LogP) is 6.43. The molecule has 1 saturated heterocycles. The molecule has 0 spiro atoms. The van der Waals surface area contributed by atoms with Gasteiger partial charge in [0.1, 0.15) is 0 Å². The highest BCUT2D eigenvalue weighted by Crippen LogP contribution is 2.26. The van der Waals surface area contributed by atoms with Gasteiger partial charge in [0.15, 0.2) is 0 Å². The molecule has 0 aromatic carbocycles. The van der Waals surface area contributed by atoms with E-state index in [2.05, 4.69) is 26.1 Å². The van der Waals surface area contributed by atoms with Crippen LogP contribution in [0.4, 0.5) is 0 Å². The summed E-state index contributed by atoms with van der Waals surface area (Å²) in [6.45, 7) is 9.41. The van der Waals surface area contributed by atoms with Crippen molar-refractivity contribution in [2.24, 2.45) is 17.8 Å². The van der Waals surface area contributed by atoms with Crippen LogP contribution in [0.5, 0.6) is 0 Å². The second-order valence-electron chi connectivity index (χ2n) is 7.40. The summed E-state index contributed by atoms with van der Waals surface area (Å²) in [6, 6.07) is 0. The lowest BCUT2D eigenvalue weighted by atomic mass is 9.91. The minimum Gasteiger partial charge on any atom is -0.316 e. The first-order valence-electron chi connectivity index (χ1n) is 9.43. The second-order valence-corrected chi connectivity index (χ2v) is 7.40. The first-order chi connectivity index (χ1) is 9.72. The topological polar surface area (TPSA) is 12.0 Å². The van der Waals surface area contributed by atoms with E-state index in [1.165, 1.54) is 83.7 Å². The lowest BCUT2D eigenvalue weighted by Gasteiger charge is -2.15. The van der Waals surface area contributed by atoms with Crippen LogP contribution in [-0.2, 0) is 0 Å². The van der Waals surface area contributed by atoms with E-state index >= 15 is 0 Å². The van der Waals surface area contributed by atoms with E-state index in [9.17, 15) is 0 Å². The summed E-state index contributed by atoms with van der Waals surface area (Å²) in [5.74, 6) is 3.07. The van der Waals surface area contributed by atoms with E-state index < -0.39 is 0 Å². The van der Waals surface area contributed by atoms with Gasteiger partial charge in [0, 0.05) is 0 Å². The molecule has 0 amide bonds. The molecule has 0 aromatic rings. The van der Waals surface area contributed by atoms with Gasteiger partial charge in [0.25, 0.3) is 0 Å². The molecule has 2 aliphatic carbocycles. The molecule has 0 aromatic heterocycles. The molecule has 0 bridgehead atoms. The van der Waals surface area contributed by atoms with Gasteiger partial charge in [-0.15, -0.1) is 0 Å². The van der Waals surface area contributed by atoms with E-state index in [0.29, 0.717) is 0 Å². The fourth-order valence-electron chi connectivity index (χ4n) is 3.52. The molecule has 0 radical (unpaired) electrons. The van der Waals surface area contributed by atoms with Gasteiger partial charge in [-0.25, -0.2) is 0 Å². The molecule has 3 rings (SSSR count). The third kappa shape index (κ3) is 11.2. The lowest BCUT2D eigenvalue weighted by molar-refractivity contribution is 0.385. The monoisotopic (exact) mass is 297 g/mol. The molecule has 128 valence electrons. The molecule has 1 heterocycles. The van der Waals surface area contributed by atoms with E-state index in [1.807, 2.05) is 0 Å². The Morgan fingerprint density at radius 1 is 0.762 bits per heavy atom. The predicted molar refractivity (Wildman–Crippen MR) is 97.9 cm³/mol. The summed E-state index contributed by atoms with van der Waals surface area (Å²) in [5, 5.41) is 3.27. The maximum Gasteiger partial charge on any atom is -0.00227 e. The zero-order valence-electron chi connectivity index (χ0n) is 14.4. The fourth-order valence-corrected chi connectivity index (χ4v) is 3.52. The maximum absolute atomic E-state index is 3.27. The van der Waals surface area contributed by atoms with Gasteiger partial charge in [-0.3, -0.25) is 0 Å². The molecule has 1 aliphatic heterocycles. The number of rotatable bonds is 1. The Morgan fingerprint density at radius 3 is 1.57 bits per heavy atom. The molecular weight excluding hydrogens is 254 g/mol. The van der Waals surface area contributed by atoms with Crippen molar-refractivity contribution in [3.05, 3.63) is 0 Å². The smallest absolute Gasteiger partial charge is 0.00227 e. The summed E-state index contributed by atoms with van der Waals surface area (Å²) in [6.07, 6.45) is 16.2. The van der Waals surface area contributed by atoms with Crippen LogP contribution >= 0.6 is 0 Å². The van der Waals surface area contributed by atoms with Crippen LogP contribution in [0.3, 0.4) is 0 Å². The Labute approximate surface area is 135 Å². The van der Waals surface area contributed by atoms with E-state index in [0.717, 1.165) is 17.8 Å². The second kappa shape index (κ2) is 13.6. The molecular formula is C20H43N. The van der Waals surface area contributed by atoms with Crippen molar-refractivity contribution in [1.82, 2.24) is 5.32 Å². The number of hydrogen-bond acceptors (Lipinski definition) is 1. The third-order valence-corrected chi connectivity index (χ3v) is 5.25. The molecule has 1 nitrogen and oxygen atoms in total.